The molecule has 1 heterocycles. The lowest BCUT2D eigenvalue weighted by Crippen LogP contribution is -2.23. The largest absolute Gasteiger partial charge is 0.384 e. The minimum Gasteiger partial charge on any atom is -0.384 e. The van der Waals surface area contributed by atoms with Crippen LogP contribution in [0.1, 0.15) is 10.5 Å². The zero-order chi connectivity index (χ0) is 13.8. The predicted molar refractivity (Wildman–Crippen MR) is 70.5 cm³/mol. The van der Waals surface area contributed by atoms with Crippen molar-refractivity contribution in [3.8, 4) is 0 Å². The van der Waals surface area contributed by atoms with Gasteiger partial charge in [-0.1, -0.05) is 0 Å². The fourth-order valence-corrected chi connectivity index (χ4v) is 1.74. The number of pyridine rings is 1. The number of hydrogen-bond acceptors (Lipinski definition) is 5. The summed E-state index contributed by atoms with van der Waals surface area (Å²) in [5, 5.41) is 2.95. The van der Waals surface area contributed by atoms with Crippen LogP contribution in [0.5, 0.6) is 0 Å². The van der Waals surface area contributed by atoms with Crippen molar-refractivity contribution in [3.05, 3.63) is 24.0 Å². The van der Waals surface area contributed by atoms with Crippen molar-refractivity contribution in [3.63, 3.8) is 0 Å². The highest BCUT2D eigenvalue weighted by Gasteiger charge is 2.10. The van der Waals surface area contributed by atoms with Crippen LogP contribution < -0.4 is 5.32 Å². The molecule has 0 saturated carbocycles. The third-order valence-electron chi connectivity index (χ3n) is 2.19. The number of aromatic nitrogens is 1. The van der Waals surface area contributed by atoms with E-state index in [1.54, 1.807) is 26.2 Å². The standard InChI is InChI=1S/C11H17N3O3S/c1-14(2)11(15)10-8-9(4-5-13-10)12-6-7-18(3,16)17/h4-5,8H,6-7H2,1-3H3,(H,12,13). The van der Waals surface area contributed by atoms with Gasteiger partial charge < -0.3 is 10.2 Å². The van der Waals surface area contributed by atoms with Crippen molar-refractivity contribution < 1.29 is 13.2 Å². The van der Waals surface area contributed by atoms with Crippen LogP contribution in [-0.2, 0) is 9.84 Å². The van der Waals surface area contributed by atoms with Crippen molar-refractivity contribution in [1.82, 2.24) is 9.88 Å². The lowest BCUT2D eigenvalue weighted by molar-refractivity contribution is 0.0822. The van der Waals surface area contributed by atoms with Gasteiger partial charge in [-0.15, -0.1) is 0 Å². The van der Waals surface area contributed by atoms with Crippen molar-refractivity contribution in [1.29, 1.82) is 0 Å². The maximum atomic E-state index is 11.7. The number of carbonyl (C=O) groups is 1. The van der Waals surface area contributed by atoms with E-state index < -0.39 is 9.84 Å². The van der Waals surface area contributed by atoms with Gasteiger partial charge >= 0.3 is 0 Å². The van der Waals surface area contributed by atoms with Gasteiger partial charge in [-0.3, -0.25) is 9.78 Å². The number of rotatable bonds is 5. The molecular formula is C11H17N3O3S. The number of nitrogens with zero attached hydrogens (tertiary/aromatic N) is 2. The number of hydrogen-bond donors (Lipinski definition) is 1. The second-order valence-electron chi connectivity index (χ2n) is 4.19. The van der Waals surface area contributed by atoms with Gasteiger partial charge in [0.15, 0.2) is 0 Å². The third kappa shape index (κ3) is 4.70. The Labute approximate surface area is 107 Å². The first-order chi connectivity index (χ1) is 8.29. The zero-order valence-corrected chi connectivity index (χ0v) is 11.5. The average Bonchev–Trinajstić information content (AvgIpc) is 2.26. The molecular weight excluding hydrogens is 254 g/mol. The summed E-state index contributed by atoms with van der Waals surface area (Å²) in [4.78, 5) is 17.1. The second-order valence-corrected chi connectivity index (χ2v) is 6.45. The van der Waals surface area contributed by atoms with E-state index in [1.165, 1.54) is 17.4 Å². The molecule has 1 amide bonds. The molecule has 0 saturated heterocycles. The molecule has 0 bridgehead atoms. The Balaban J connectivity index is 2.68. The first kappa shape index (κ1) is 14.4. The molecule has 0 fully saturated rings. The summed E-state index contributed by atoms with van der Waals surface area (Å²) in [7, 11) is 0.306. The Morgan fingerprint density at radius 3 is 2.67 bits per heavy atom. The molecule has 1 rings (SSSR count). The molecule has 7 heteroatoms. The smallest absolute Gasteiger partial charge is 0.272 e. The van der Waals surface area contributed by atoms with Crippen LogP contribution in [0.4, 0.5) is 5.69 Å². The van der Waals surface area contributed by atoms with Gasteiger partial charge in [0.1, 0.15) is 15.5 Å². The van der Waals surface area contributed by atoms with Gasteiger partial charge in [0.25, 0.3) is 5.91 Å². The summed E-state index contributed by atoms with van der Waals surface area (Å²) >= 11 is 0. The van der Waals surface area contributed by atoms with Crippen LogP contribution in [0.15, 0.2) is 18.3 Å². The molecule has 0 aliphatic heterocycles. The van der Waals surface area contributed by atoms with E-state index in [0.717, 1.165) is 0 Å². The van der Waals surface area contributed by atoms with E-state index in [4.69, 9.17) is 0 Å². The van der Waals surface area contributed by atoms with Crippen LogP contribution in [0, 0.1) is 0 Å². The van der Waals surface area contributed by atoms with Crippen molar-refractivity contribution in [2.75, 3.05) is 38.0 Å². The second kappa shape index (κ2) is 5.81. The van der Waals surface area contributed by atoms with Crippen LogP contribution in [0.3, 0.4) is 0 Å². The number of nitrogens with one attached hydrogen (secondary N) is 1. The van der Waals surface area contributed by atoms with Gasteiger partial charge in [0.2, 0.25) is 0 Å². The van der Waals surface area contributed by atoms with Crippen LogP contribution in [-0.4, -0.2) is 56.9 Å². The average molecular weight is 271 g/mol. The Morgan fingerprint density at radius 2 is 2.11 bits per heavy atom. The molecule has 0 aliphatic carbocycles. The maximum absolute atomic E-state index is 11.7. The van der Waals surface area contributed by atoms with E-state index in [-0.39, 0.29) is 11.7 Å². The molecule has 18 heavy (non-hydrogen) atoms. The van der Waals surface area contributed by atoms with Gasteiger partial charge in [-0.25, -0.2) is 8.42 Å². The van der Waals surface area contributed by atoms with E-state index >= 15 is 0 Å². The topological polar surface area (TPSA) is 79.4 Å². The van der Waals surface area contributed by atoms with Gasteiger partial charge in [0.05, 0.1) is 5.75 Å². The van der Waals surface area contributed by atoms with Gasteiger partial charge in [-0.2, -0.15) is 0 Å². The van der Waals surface area contributed by atoms with Crippen LogP contribution >= 0.6 is 0 Å². The normalized spacial score (nSPS) is 11.1. The minimum absolute atomic E-state index is 0.0479. The minimum atomic E-state index is -2.99. The number of anilines is 1. The van der Waals surface area contributed by atoms with Crippen molar-refractivity contribution in [2.45, 2.75) is 0 Å². The lowest BCUT2D eigenvalue weighted by Gasteiger charge is -2.11. The van der Waals surface area contributed by atoms with Crippen LogP contribution in [0.2, 0.25) is 0 Å². The fourth-order valence-electron chi connectivity index (χ4n) is 1.27. The van der Waals surface area contributed by atoms with E-state index in [0.29, 0.717) is 17.9 Å². The highest BCUT2D eigenvalue weighted by Crippen LogP contribution is 2.08. The zero-order valence-electron chi connectivity index (χ0n) is 10.7. The summed E-state index contributed by atoms with van der Waals surface area (Å²) in [5.41, 5.74) is 1.00. The molecule has 1 N–H and O–H groups in total. The number of carbonyl (C=O) groups excluding carboxylic acids is 1. The molecule has 0 unspecified atom stereocenters. The molecule has 6 nitrogen and oxygen atoms in total. The molecule has 0 radical (unpaired) electrons. The summed E-state index contributed by atoms with van der Waals surface area (Å²) in [6, 6.07) is 3.29. The summed E-state index contributed by atoms with van der Waals surface area (Å²) in [6.07, 6.45) is 2.70. The SMILES string of the molecule is CN(C)C(=O)c1cc(NCCS(C)(=O)=O)ccn1. The highest BCUT2D eigenvalue weighted by atomic mass is 32.2. The Morgan fingerprint density at radius 1 is 1.44 bits per heavy atom. The maximum Gasteiger partial charge on any atom is 0.272 e. The fraction of sp³-hybridized carbons (Fsp3) is 0.455. The third-order valence-corrected chi connectivity index (χ3v) is 3.13. The first-order valence-electron chi connectivity index (χ1n) is 5.39. The molecule has 0 aliphatic rings. The van der Waals surface area contributed by atoms with Gasteiger partial charge in [-0.05, 0) is 12.1 Å². The van der Waals surface area contributed by atoms with E-state index in [9.17, 15) is 13.2 Å². The molecule has 1 aromatic rings. The van der Waals surface area contributed by atoms with Gasteiger partial charge in [0, 0.05) is 38.8 Å². The Kier molecular flexibility index (Phi) is 4.66. The summed E-state index contributed by atoms with van der Waals surface area (Å²) in [6.45, 7) is 0.304. The monoisotopic (exact) mass is 271 g/mol. The van der Waals surface area contributed by atoms with E-state index in [1.807, 2.05) is 0 Å². The van der Waals surface area contributed by atoms with E-state index in [2.05, 4.69) is 10.3 Å². The quantitative estimate of drug-likeness (QED) is 0.830. The lowest BCUT2D eigenvalue weighted by atomic mass is 10.3. The van der Waals surface area contributed by atoms with Crippen molar-refractivity contribution >= 4 is 21.4 Å². The molecule has 0 aromatic carbocycles. The Bertz CT molecular complexity index is 526. The number of amides is 1. The predicted octanol–water partition coefficient (Wildman–Crippen LogP) is 0.240. The summed E-state index contributed by atoms with van der Waals surface area (Å²) < 4.78 is 21.9. The summed E-state index contributed by atoms with van der Waals surface area (Å²) in [5.74, 6) is -0.145. The number of sulfone groups is 1. The molecule has 100 valence electrons. The first-order valence-corrected chi connectivity index (χ1v) is 7.45. The molecule has 1 aromatic heterocycles. The molecule has 0 atom stereocenters. The van der Waals surface area contributed by atoms with Crippen LogP contribution in [0.25, 0.3) is 0 Å². The Hall–Kier alpha value is -1.63. The van der Waals surface area contributed by atoms with Crippen molar-refractivity contribution in [2.24, 2.45) is 0 Å². The molecule has 0 spiro atoms. The highest BCUT2D eigenvalue weighted by molar-refractivity contribution is 7.90.